The summed E-state index contributed by atoms with van der Waals surface area (Å²) in [6.45, 7) is -0.594. The van der Waals surface area contributed by atoms with Crippen LogP contribution in [0.25, 0.3) is 0 Å². The minimum atomic E-state index is -2.83. The van der Waals surface area contributed by atoms with Crippen molar-refractivity contribution in [2.24, 2.45) is 5.73 Å². The molecule has 1 aliphatic rings. The normalized spacial score (nSPS) is 18.1. The van der Waals surface area contributed by atoms with Gasteiger partial charge in [0.25, 0.3) is 11.8 Å². The second-order valence-corrected chi connectivity index (χ2v) is 4.34. The smallest absolute Gasteiger partial charge is 0.267 e. The number of carbonyl (C=O) groups is 1. The highest BCUT2D eigenvalue weighted by atomic mass is 19.3. The molecule has 1 aromatic rings. The summed E-state index contributed by atoms with van der Waals surface area (Å²) < 4.78 is 39.1. The third-order valence-electron chi connectivity index (χ3n) is 2.97. The average molecular weight is 258 g/mol. The van der Waals surface area contributed by atoms with Gasteiger partial charge in [-0.15, -0.1) is 0 Å². The summed E-state index contributed by atoms with van der Waals surface area (Å²) in [7, 11) is 0. The summed E-state index contributed by atoms with van der Waals surface area (Å²) >= 11 is 0. The molecular formula is C12H13F3N2O. The molecule has 3 nitrogen and oxygen atoms in total. The first-order valence-electron chi connectivity index (χ1n) is 5.58. The Morgan fingerprint density at radius 1 is 1.44 bits per heavy atom. The number of carbonyl (C=O) groups excluding carboxylic acids is 1. The summed E-state index contributed by atoms with van der Waals surface area (Å²) in [5.74, 6) is -3.86. The van der Waals surface area contributed by atoms with E-state index in [1.54, 1.807) is 0 Å². The molecule has 1 heterocycles. The first-order valence-corrected chi connectivity index (χ1v) is 5.58. The van der Waals surface area contributed by atoms with E-state index in [-0.39, 0.29) is 25.1 Å². The van der Waals surface area contributed by atoms with E-state index in [2.05, 4.69) is 0 Å². The quantitative estimate of drug-likeness (QED) is 0.878. The van der Waals surface area contributed by atoms with Gasteiger partial charge < -0.3 is 10.6 Å². The van der Waals surface area contributed by atoms with Gasteiger partial charge in [-0.3, -0.25) is 4.79 Å². The topological polar surface area (TPSA) is 46.3 Å². The van der Waals surface area contributed by atoms with Crippen LogP contribution in [0.5, 0.6) is 0 Å². The van der Waals surface area contributed by atoms with Crippen LogP contribution in [0.4, 0.5) is 13.2 Å². The molecule has 6 heteroatoms. The Morgan fingerprint density at radius 3 is 2.72 bits per heavy atom. The third kappa shape index (κ3) is 2.48. The third-order valence-corrected chi connectivity index (χ3v) is 2.97. The number of rotatable bonds is 2. The maximum atomic E-state index is 13.0. The van der Waals surface area contributed by atoms with Crippen molar-refractivity contribution in [2.45, 2.75) is 18.9 Å². The molecule has 18 heavy (non-hydrogen) atoms. The minimum Gasteiger partial charge on any atom is -0.332 e. The van der Waals surface area contributed by atoms with Gasteiger partial charge in [-0.2, -0.15) is 0 Å². The Labute approximate surface area is 102 Å². The lowest BCUT2D eigenvalue weighted by molar-refractivity contribution is 0.0120. The van der Waals surface area contributed by atoms with Gasteiger partial charge in [0.05, 0.1) is 6.54 Å². The maximum Gasteiger partial charge on any atom is 0.267 e. The fourth-order valence-electron chi connectivity index (χ4n) is 2.02. The number of amides is 1. The van der Waals surface area contributed by atoms with Gasteiger partial charge in [-0.25, -0.2) is 13.2 Å². The molecule has 0 aliphatic carbocycles. The van der Waals surface area contributed by atoms with Crippen molar-refractivity contribution in [3.8, 4) is 0 Å². The predicted molar refractivity (Wildman–Crippen MR) is 59.8 cm³/mol. The summed E-state index contributed by atoms with van der Waals surface area (Å²) in [6.07, 6.45) is -0.335. The van der Waals surface area contributed by atoms with Crippen molar-refractivity contribution < 1.29 is 18.0 Å². The van der Waals surface area contributed by atoms with Crippen LogP contribution in [0.15, 0.2) is 18.2 Å². The van der Waals surface area contributed by atoms with Gasteiger partial charge in [0.1, 0.15) is 5.82 Å². The molecule has 1 aliphatic heterocycles. The predicted octanol–water partition coefficient (Wildman–Crippen LogP) is 1.77. The minimum absolute atomic E-state index is 0.00716. The number of halogens is 3. The van der Waals surface area contributed by atoms with Gasteiger partial charge in [-0.1, -0.05) is 0 Å². The van der Waals surface area contributed by atoms with Crippen molar-refractivity contribution in [1.29, 1.82) is 0 Å². The van der Waals surface area contributed by atoms with Gasteiger partial charge in [0.2, 0.25) is 0 Å². The van der Waals surface area contributed by atoms with Crippen molar-refractivity contribution >= 4 is 5.91 Å². The average Bonchev–Trinajstić information content (AvgIpc) is 2.68. The zero-order chi connectivity index (χ0) is 13.3. The zero-order valence-corrected chi connectivity index (χ0v) is 9.63. The molecule has 0 spiro atoms. The van der Waals surface area contributed by atoms with E-state index in [4.69, 9.17) is 5.73 Å². The van der Waals surface area contributed by atoms with Crippen LogP contribution in [0.3, 0.4) is 0 Å². The zero-order valence-electron chi connectivity index (χ0n) is 9.63. The first-order chi connectivity index (χ1) is 8.43. The van der Waals surface area contributed by atoms with Crippen LogP contribution < -0.4 is 5.73 Å². The van der Waals surface area contributed by atoms with Crippen molar-refractivity contribution in [1.82, 2.24) is 4.90 Å². The number of nitrogens with two attached hydrogens (primary N) is 1. The molecule has 0 saturated carbocycles. The SMILES string of the molecule is NCc1cc(F)ccc1C(=O)N1CCC(F)(F)C1. The van der Waals surface area contributed by atoms with E-state index in [1.807, 2.05) is 0 Å². The lowest BCUT2D eigenvalue weighted by Crippen LogP contribution is -2.32. The van der Waals surface area contributed by atoms with E-state index in [0.29, 0.717) is 5.56 Å². The Morgan fingerprint density at radius 2 is 2.17 bits per heavy atom. The molecule has 2 N–H and O–H groups in total. The molecular weight excluding hydrogens is 245 g/mol. The molecule has 0 radical (unpaired) electrons. The highest BCUT2D eigenvalue weighted by Crippen LogP contribution is 2.28. The molecule has 1 amide bonds. The summed E-state index contributed by atoms with van der Waals surface area (Å²) in [5, 5.41) is 0. The maximum absolute atomic E-state index is 13.0. The molecule has 0 atom stereocenters. The van der Waals surface area contributed by atoms with E-state index in [0.717, 1.165) is 17.0 Å². The Kier molecular flexibility index (Phi) is 3.30. The van der Waals surface area contributed by atoms with E-state index >= 15 is 0 Å². The number of alkyl halides is 2. The van der Waals surface area contributed by atoms with Gasteiger partial charge in [0, 0.05) is 25.1 Å². The van der Waals surface area contributed by atoms with Gasteiger partial charge >= 0.3 is 0 Å². The molecule has 1 aromatic carbocycles. The Balaban J connectivity index is 2.24. The number of benzene rings is 1. The van der Waals surface area contributed by atoms with Crippen LogP contribution in [0.2, 0.25) is 0 Å². The first kappa shape index (κ1) is 12.9. The fourth-order valence-corrected chi connectivity index (χ4v) is 2.02. The number of hydrogen-bond donors (Lipinski definition) is 1. The van der Waals surface area contributed by atoms with Gasteiger partial charge in [-0.05, 0) is 23.8 Å². The van der Waals surface area contributed by atoms with Crippen LogP contribution in [-0.2, 0) is 6.54 Å². The number of likely N-dealkylation sites (tertiary alicyclic amines) is 1. The molecule has 0 aromatic heterocycles. The molecule has 1 saturated heterocycles. The van der Waals surface area contributed by atoms with Crippen LogP contribution in [0, 0.1) is 5.82 Å². The molecule has 98 valence electrons. The lowest BCUT2D eigenvalue weighted by Gasteiger charge is -2.17. The van der Waals surface area contributed by atoms with E-state index in [9.17, 15) is 18.0 Å². The summed E-state index contributed by atoms with van der Waals surface area (Å²) in [6, 6.07) is 3.57. The second kappa shape index (κ2) is 4.61. The van der Waals surface area contributed by atoms with E-state index in [1.165, 1.54) is 6.07 Å². The van der Waals surface area contributed by atoms with E-state index < -0.39 is 24.2 Å². The Hall–Kier alpha value is -1.56. The molecule has 2 rings (SSSR count). The van der Waals surface area contributed by atoms with Crippen LogP contribution >= 0.6 is 0 Å². The summed E-state index contributed by atoms with van der Waals surface area (Å²) in [5.41, 5.74) is 5.94. The Bertz CT molecular complexity index is 476. The number of nitrogens with zero attached hydrogens (tertiary/aromatic N) is 1. The van der Waals surface area contributed by atoms with Crippen LogP contribution in [-0.4, -0.2) is 29.8 Å². The lowest BCUT2D eigenvalue weighted by atomic mass is 10.1. The van der Waals surface area contributed by atoms with Crippen molar-refractivity contribution in [2.75, 3.05) is 13.1 Å². The second-order valence-electron chi connectivity index (χ2n) is 4.34. The van der Waals surface area contributed by atoms with Crippen molar-refractivity contribution in [3.63, 3.8) is 0 Å². The molecule has 0 unspecified atom stereocenters. The standard InChI is InChI=1S/C12H13F3N2O/c13-9-1-2-10(8(5-9)6-16)11(18)17-4-3-12(14,15)7-17/h1-2,5H,3-4,6-7,16H2. The highest BCUT2D eigenvalue weighted by molar-refractivity contribution is 5.96. The summed E-state index contributed by atoms with van der Waals surface area (Å²) in [4.78, 5) is 13.1. The highest BCUT2D eigenvalue weighted by Gasteiger charge is 2.40. The monoisotopic (exact) mass is 258 g/mol. The number of hydrogen-bond acceptors (Lipinski definition) is 2. The largest absolute Gasteiger partial charge is 0.332 e. The van der Waals surface area contributed by atoms with Gasteiger partial charge in [0.15, 0.2) is 0 Å². The fraction of sp³-hybridized carbons (Fsp3) is 0.417. The molecule has 0 bridgehead atoms. The molecule has 1 fully saturated rings. The van der Waals surface area contributed by atoms with Crippen molar-refractivity contribution in [3.05, 3.63) is 35.1 Å². The van der Waals surface area contributed by atoms with Crippen LogP contribution in [0.1, 0.15) is 22.3 Å².